The molecule has 1 saturated heterocycles. The Morgan fingerprint density at radius 1 is 1.50 bits per heavy atom. The number of ether oxygens (including phenoxy) is 1. The smallest absolute Gasteiger partial charge is 0.0912 e. The molecule has 2 nitrogen and oxygen atoms in total. The molecule has 1 fully saturated rings. The maximum absolute atomic E-state index is 9.81. The fraction of sp³-hybridized carbons (Fsp3) is 1.00. The number of hydrogen-bond donors (Lipinski definition) is 1. The third-order valence-electron chi connectivity index (χ3n) is 2.77. The lowest BCUT2D eigenvalue weighted by molar-refractivity contribution is -0.138. The zero-order valence-electron chi connectivity index (χ0n) is 8.18. The number of rotatable bonds is 3. The van der Waals surface area contributed by atoms with E-state index in [1.165, 1.54) is 6.42 Å². The molecule has 1 aliphatic heterocycles. The number of hydrogen-bond acceptors (Lipinski definition) is 2. The summed E-state index contributed by atoms with van der Waals surface area (Å²) in [4.78, 5) is 0. The summed E-state index contributed by atoms with van der Waals surface area (Å²) in [5, 5.41) is 9.81. The number of aliphatic hydroxyl groups is 1. The molecule has 0 saturated carbocycles. The van der Waals surface area contributed by atoms with Gasteiger partial charge in [-0.15, -0.1) is 0 Å². The van der Waals surface area contributed by atoms with Crippen LogP contribution in [0, 0.1) is 0 Å². The summed E-state index contributed by atoms with van der Waals surface area (Å²) in [6.45, 7) is 4.94. The van der Waals surface area contributed by atoms with E-state index in [0.29, 0.717) is 0 Å². The van der Waals surface area contributed by atoms with Gasteiger partial charge in [-0.05, 0) is 32.6 Å². The van der Waals surface area contributed by atoms with Crippen LogP contribution < -0.4 is 0 Å². The Kier molecular flexibility index (Phi) is 3.53. The quantitative estimate of drug-likeness (QED) is 0.706. The second-order valence-electron chi connectivity index (χ2n) is 3.92. The van der Waals surface area contributed by atoms with E-state index >= 15 is 0 Å². The Morgan fingerprint density at radius 2 is 2.25 bits per heavy atom. The van der Waals surface area contributed by atoms with Crippen LogP contribution in [-0.4, -0.2) is 23.4 Å². The van der Waals surface area contributed by atoms with Gasteiger partial charge in [0.25, 0.3) is 0 Å². The van der Waals surface area contributed by atoms with Crippen molar-refractivity contribution in [2.24, 2.45) is 0 Å². The van der Waals surface area contributed by atoms with Gasteiger partial charge in [0.15, 0.2) is 0 Å². The van der Waals surface area contributed by atoms with E-state index in [1.807, 2.05) is 6.92 Å². The third-order valence-corrected chi connectivity index (χ3v) is 2.77. The van der Waals surface area contributed by atoms with Gasteiger partial charge in [0.2, 0.25) is 0 Å². The van der Waals surface area contributed by atoms with Gasteiger partial charge in [-0.1, -0.05) is 13.3 Å². The Labute approximate surface area is 74.9 Å². The van der Waals surface area contributed by atoms with Crippen molar-refractivity contribution in [1.82, 2.24) is 0 Å². The normalized spacial score (nSPS) is 33.2. The summed E-state index contributed by atoms with van der Waals surface area (Å²) in [6, 6.07) is 0. The first-order valence-corrected chi connectivity index (χ1v) is 5.01. The second kappa shape index (κ2) is 4.24. The summed E-state index contributed by atoms with van der Waals surface area (Å²) in [5.74, 6) is 0. The molecule has 0 aromatic heterocycles. The molecule has 0 aromatic rings. The van der Waals surface area contributed by atoms with Crippen molar-refractivity contribution < 1.29 is 9.84 Å². The highest BCUT2D eigenvalue weighted by Gasteiger charge is 2.34. The fourth-order valence-electron chi connectivity index (χ4n) is 1.80. The van der Waals surface area contributed by atoms with E-state index in [1.54, 1.807) is 0 Å². The lowest BCUT2D eigenvalue weighted by Crippen LogP contribution is -2.44. The molecular weight excluding hydrogens is 152 g/mol. The summed E-state index contributed by atoms with van der Waals surface area (Å²) < 4.78 is 5.63. The molecule has 1 N–H and O–H groups in total. The van der Waals surface area contributed by atoms with Gasteiger partial charge < -0.3 is 9.84 Å². The maximum Gasteiger partial charge on any atom is 0.0912 e. The van der Waals surface area contributed by atoms with Crippen LogP contribution in [-0.2, 0) is 4.74 Å². The molecule has 0 amide bonds. The van der Waals surface area contributed by atoms with E-state index in [4.69, 9.17) is 4.74 Å². The van der Waals surface area contributed by atoms with Crippen LogP contribution in [0.15, 0.2) is 0 Å². The molecule has 0 bridgehead atoms. The van der Waals surface area contributed by atoms with Crippen LogP contribution in [0.4, 0.5) is 0 Å². The number of aliphatic hydroxyl groups excluding tert-OH is 1. The van der Waals surface area contributed by atoms with Gasteiger partial charge in [-0.3, -0.25) is 0 Å². The minimum atomic E-state index is -0.275. The summed E-state index contributed by atoms with van der Waals surface area (Å²) >= 11 is 0. The van der Waals surface area contributed by atoms with E-state index in [-0.39, 0.29) is 11.7 Å². The van der Waals surface area contributed by atoms with Gasteiger partial charge in [-0.2, -0.15) is 0 Å². The first kappa shape index (κ1) is 10.0. The van der Waals surface area contributed by atoms with Crippen molar-refractivity contribution in [3.8, 4) is 0 Å². The van der Waals surface area contributed by atoms with E-state index in [0.717, 1.165) is 32.3 Å². The van der Waals surface area contributed by atoms with Crippen molar-refractivity contribution >= 4 is 0 Å². The summed E-state index contributed by atoms with van der Waals surface area (Å²) in [6.07, 6.45) is 4.96. The van der Waals surface area contributed by atoms with Crippen molar-refractivity contribution in [3.05, 3.63) is 0 Å². The lowest BCUT2D eigenvalue weighted by atomic mass is 9.88. The summed E-state index contributed by atoms with van der Waals surface area (Å²) in [5.41, 5.74) is -0.256. The van der Waals surface area contributed by atoms with E-state index in [9.17, 15) is 5.11 Å². The Balaban J connectivity index is 2.44. The predicted molar refractivity (Wildman–Crippen MR) is 49.1 cm³/mol. The van der Waals surface area contributed by atoms with Crippen LogP contribution in [0.3, 0.4) is 0 Å². The topological polar surface area (TPSA) is 29.5 Å². The van der Waals surface area contributed by atoms with E-state index < -0.39 is 0 Å². The van der Waals surface area contributed by atoms with Crippen molar-refractivity contribution in [2.45, 2.75) is 57.7 Å². The minimum absolute atomic E-state index is 0.256. The average Bonchev–Trinajstić information content (AvgIpc) is 2.06. The Hall–Kier alpha value is -0.0800. The maximum atomic E-state index is 9.81. The van der Waals surface area contributed by atoms with Crippen molar-refractivity contribution in [1.29, 1.82) is 0 Å². The van der Waals surface area contributed by atoms with Crippen LogP contribution in [0.2, 0.25) is 0 Å². The predicted octanol–water partition coefficient (Wildman–Crippen LogP) is 2.11. The van der Waals surface area contributed by atoms with Crippen LogP contribution in [0.1, 0.15) is 46.0 Å². The standard InChI is InChI=1S/C10H20O2/c1-3-6-9(11)10(2)7-4-5-8-12-10/h9,11H,3-8H2,1-2H3/t9-,10?/m1/s1. The largest absolute Gasteiger partial charge is 0.390 e. The lowest BCUT2D eigenvalue weighted by Gasteiger charge is -2.37. The molecule has 72 valence electrons. The van der Waals surface area contributed by atoms with E-state index in [2.05, 4.69) is 6.92 Å². The SMILES string of the molecule is CCC[C@@H](O)C1(C)CCCCO1. The molecule has 2 heteroatoms. The Bertz CT molecular complexity index is 128. The molecule has 1 rings (SSSR count). The van der Waals surface area contributed by atoms with Crippen LogP contribution in [0.25, 0.3) is 0 Å². The molecular formula is C10H20O2. The van der Waals surface area contributed by atoms with Gasteiger partial charge in [0, 0.05) is 6.61 Å². The Morgan fingerprint density at radius 3 is 2.75 bits per heavy atom. The van der Waals surface area contributed by atoms with Gasteiger partial charge in [-0.25, -0.2) is 0 Å². The highest BCUT2D eigenvalue weighted by molar-refractivity contribution is 4.85. The molecule has 1 unspecified atom stereocenters. The van der Waals surface area contributed by atoms with Crippen LogP contribution >= 0.6 is 0 Å². The zero-order valence-corrected chi connectivity index (χ0v) is 8.18. The molecule has 2 atom stereocenters. The van der Waals surface area contributed by atoms with Gasteiger partial charge in [0.1, 0.15) is 0 Å². The van der Waals surface area contributed by atoms with Gasteiger partial charge in [0.05, 0.1) is 11.7 Å². The molecule has 0 radical (unpaired) electrons. The first-order chi connectivity index (χ1) is 5.69. The molecule has 1 aliphatic rings. The summed E-state index contributed by atoms with van der Waals surface area (Å²) in [7, 11) is 0. The minimum Gasteiger partial charge on any atom is -0.390 e. The third kappa shape index (κ3) is 2.20. The fourth-order valence-corrected chi connectivity index (χ4v) is 1.80. The van der Waals surface area contributed by atoms with Crippen molar-refractivity contribution in [3.63, 3.8) is 0 Å². The average molecular weight is 172 g/mol. The molecule has 0 aromatic carbocycles. The first-order valence-electron chi connectivity index (χ1n) is 5.01. The molecule has 0 aliphatic carbocycles. The van der Waals surface area contributed by atoms with Gasteiger partial charge >= 0.3 is 0 Å². The molecule has 12 heavy (non-hydrogen) atoms. The van der Waals surface area contributed by atoms with Crippen molar-refractivity contribution in [2.75, 3.05) is 6.61 Å². The highest BCUT2D eigenvalue weighted by Crippen LogP contribution is 2.29. The molecule has 0 spiro atoms. The molecule has 1 heterocycles. The second-order valence-corrected chi connectivity index (χ2v) is 3.92. The highest BCUT2D eigenvalue weighted by atomic mass is 16.5. The zero-order chi connectivity index (χ0) is 9.03. The van der Waals surface area contributed by atoms with Crippen LogP contribution in [0.5, 0.6) is 0 Å². The monoisotopic (exact) mass is 172 g/mol.